The van der Waals surface area contributed by atoms with E-state index in [4.69, 9.17) is 4.74 Å². The highest BCUT2D eigenvalue weighted by Gasteiger charge is 2.56. The highest BCUT2D eigenvalue weighted by Crippen LogP contribution is 2.62. The van der Waals surface area contributed by atoms with Crippen LogP contribution in [0, 0.1) is 22.7 Å². The predicted octanol–water partition coefficient (Wildman–Crippen LogP) is 3.08. The standard InChI is InChI=1S/C20H28O5/c1-12-4-6-20(3)15(18(23)24)9-14(21)10-16(20)19(12,2)7-5-13-8-17(22)25-11-13/h8-9,12,14,16,21H,4-7,10-11H2,1-3H3,(H,23,24)/t12-,14+,16-,19+,20+/m1/s1. The topological polar surface area (TPSA) is 83.8 Å². The van der Waals surface area contributed by atoms with Gasteiger partial charge in [-0.2, -0.15) is 0 Å². The monoisotopic (exact) mass is 348 g/mol. The molecule has 25 heavy (non-hydrogen) atoms. The fraction of sp³-hybridized carbons (Fsp3) is 0.700. The van der Waals surface area contributed by atoms with Crippen molar-refractivity contribution in [1.82, 2.24) is 0 Å². The third kappa shape index (κ3) is 3.03. The zero-order chi connectivity index (χ0) is 18.4. The summed E-state index contributed by atoms with van der Waals surface area (Å²) in [6.45, 7) is 6.88. The average Bonchev–Trinajstić information content (AvgIpc) is 2.96. The highest BCUT2D eigenvalue weighted by atomic mass is 16.5. The number of carbonyl (C=O) groups excluding carboxylic acids is 1. The lowest BCUT2D eigenvalue weighted by molar-refractivity contribution is -0.138. The number of carbonyl (C=O) groups is 2. The molecular formula is C20H28O5. The second-order valence-electron chi connectivity index (χ2n) is 8.51. The molecule has 1 aliphatic heterocycles. The number of carboxylic acid groups (broad SMARTS) is 1. The maximum Gasteiger partial charge on any atom is 0.331 e. The van der Waals surface area contributed by atoms with Crippen LogP contribution in [0.2, 0.25) is 0 Å². The number of rotatable bonds is 4. The number of aliphatic hydroxyl groups is 1. The van der Waals surface area contributed by atoms with Crippen LogP contribution in [-0.4, -0.2) is 34.9 Å². The third-order valence-electron chi connectivity index (χ3n) is 7.18. The van der Waals surface area contributed by atoms with Gasteiger partial charge in [-0.25, -0.2) is 9.59 Å². The second kappa shape index (κ2) is 6.27. The van der Waals surface area contributed by atoms with Gasteiger partial charge in [-0.1, -0.05) is 20.8 Å². The number of aliphatic hydroxyl groups excluding tert-OH is 1. The summed E-state index contributed by atoms with van der Waals surface area (Å²) in [4.78, 5) is 23.1. The maximum absolute atomic E-state index is 11.8. The lowest BCUT2D eigenvalue weighted by atomic mass is 9.46. The van der Waals surface area contributed by atoms with Gasteiger partial charge in [0.2, 0.25) is 0 Å². The van der Waals surface area contributed by atoms with Crippen LogP contribution in [0.4, 0.5) is 0 Å². The zero-order valence-corrected chi connectivity index (χ0v) is 15.2. The first kappa shape index (κ1) is 18.2. The first-order valence-corrected chi connectivity index (χ1v) is 9.16. The van der Waals surface area contributed by atoms with Crippen molar-refractivity contribution in [1.29, 1.82) is 0 Å². The molecule has 0 bridgehead atoms. The zero-order valence-electron chi connectivity index (χ0n) is 15.2. The Morgan fingerprint density at radius 1 is 1.40 bits per heavy atom. The summed E-state index contributed by atoms with van der Waals surface area (Å²) in [6.07, 6.45) is 6.47. The van der Waals surface area contributed by atoms with Gasteiger partial charge in [-0.05, 0) is 61.0 Å². The molecule has 0 aromatic carbocycles. The molecule has 0 radical (unpaired) electrons. The van der Waals surface area contributed by atoms with Crippen molar-refractivity contribution in [2.24, 2.45) is 22.7 Å². The fourth-order valence-corrected chi connectivity index (χ4v) is 5.36. The van der Waals surface area contributed by atoms with Crippen LogP contribution < -0.4 is 0 Å². The number of hydrogen-bond acceptors (Lipinski definition) is 4. The largest absolute Gasteiger partial charge is 0.478 e. The van der Waals surface area contributed by atoms with Gasteiger partial charge in [0.25, 0.3) is 0 Å². The van der Waals surface area contributed by atoms with Crippen LogP contribution in [0.3, 0.4) is 0 Å². The van der Waals surface area contributed by atoms with Crippen molar-refractivity contribution in [3.05, 3.63) is 23.3 Å². The van der Waals surface area contributed by atoms with Gasteiger partial charge in [-0.3, -0.25) is 0 Å². The molecule has 138 valence electrons. The van der Waals surface area contributed by atoms with Crippen molar-refractivity contribution in [3.8, 4) is 0 Å². The molecule has 0 saturated heterocycles. The van der Waals surface area contributed by atoms with Crippen LogP contribution >= 0.6 is 0 Å². The van der Waals surface area contributed by atoms with Crippen LogP contribution in [0.25, 0.3) is 0 Å². The second-order valence-corrected chi connectivity index (χ2v) is 8.51. The van der Waals surface area contributed by atoms with E-state index in [1.54, 1.807) is 12.2 Å². The molecule has 0 spiro atoms. The van der Waals surface area contributed by atoms with E-state index >= 15 is 0 Å². The minimum Gasteiger partial charge on any atom is -0.478 e. The SMILES string of the molecule is C[C@@H]1CC[C@@]2(C)C(C(=O)O)=C[C@H](O)C[C@@H]2[C@@]1(C)CCC1=CC(=O)OC1. The van der Waals surface area contributed by atoms with Crippen molar-refractivity contribution >= 4 is 11.9 Å². The Labute approximate surface area is 148 Å². The third-order valence-corrected chi connectivity index (χ3v) is 7.18. The summed E-state index contributed by atoms with van der Waals surface area (Å²) in [5.74, 6) is -0.649. The van der Waals surface area contributed by atoms with E-state index in [9.17, 15) is 19.8 Å². The van der Waals surface area contributed by atoms with Gasteiger partial charge in [0.1, 0.15) is 6.61 Å². The number of ether oxygens (including phenoxy) is 1. The number of cyclic esters (lactones) is 1. The molecule has 5 heteroatoms. The van der Waals surface area contributed by atoms with E-state index in [1.165, 1.54) is 0 Å². The quantitative estimate of drug-likeness (QED) is 0.763. The van der Waals surface area contributed by atoms with Gasteiger partial charge in [0, 0.05) is 17.1 Å². The highest BCUT2D eigenvalue weighted by molar-refractivity contribution is 5.88. The lowest BCUT2D eigenvalue weighted by Gasteiger charge is -2.58. The molecule has 3 aliphatic rings. The van der Waals surface area contributed by atoms with Crippen LogP contribution in [0.1, 0.15) is 52.9 Å². The molecule has 3 rings (SSSR count). The van der Waals surface area contributed by atoms with E-state index in [0.29, 0.717) is 24.5 Å². The van der Waals surface area contributed by atoms with E-state index in [0.717, 1.165) is 31.3 Å². The number of hydrogen-bond donors (Lipinski definition) is 2. The lowest BCUT2D eigenvalue weighted by Crippen LogP contribution is -2.52. The smallest absolute Gasteiger partial charge is 0.331 e. The van der Waals surface area contributed by atoms with E-state index in [2.05, 4.69) is 20.8 Å². The van der Waals surface area contributed by atoms with Gasteiger partial charge in [0.15, 0.2) is 0 Å². The Bertz CT molecular complexity index is 648. The fourth-order valence-electron chi connectivity index (χ4n) is 5.36. The molecule has 1 saturated carbocycles. The number of carboxylic acids is 1. The minimum atomic E-state index is -0.916. The Morgan fingerprint density at radius 3 is 2.72 bits per heavy atom. The first-order chi connectivity index (χ1) is 11.7. The average molecular weight is 348 g/mol. The molecular weight excluding hydrogens is 320 g/mol. The molecule has 0 aromatic rings. The molecule has 2 aliphatic carbocycles. The molecule has 5 nitrogen and oxygen atoms in total. The van der Waals surface area contributed by atoms with E-state index in [1.807, 2.05) is 0 Å². The summed E-state index contributed by atoms with van der Waals surface area (Å²) in [6, 6.07) is 0. The van der Waals surface area contributed by atoms with Gasteiger partial charge in [0.05, 0.1) is 6.10 Å². The van der Waals surface area contributed by atoms with Gasteiger partial charge < -0.3 is 14.9 Å². The van der Waals surface area contributed by atoms with E-state index < -0.39 is 17.5 Å². The summed E-state index contributed by atoms with van der Waals surface area (Å²) >= 11 is 0. The van der Waals surface area contributed by atoms with E-state index in [-0.39, 0.29) is 17.3 Å². The molecule has 0 aromatic heterocycles. The molecule has 5 atom stereocenters. The Balaban J connectivity index is 1.90. The van der Waals surface area contributed by atoms with Crippen LogP contribution in [0.15, 0.2) is 23.3 Å². The Morgan fingerprint density at radius 2 is 2.12 bits per heavy atom. The molecule has 0 amide bonds. The summed E-state index contributed by atoms with van der Waals surface area (Å²) in [5.41, 5.74) is 0.877. The van der Waals surface area contributed by atoms with Gasteiger partial charge >= 0.3 is 11.9 Å². The molecule has 0 unspecified atom stereocenters. The molecule has 1 fully saturated rings. The summed E-state index contributed by atoms with van der Waals surface area (Å²) < 4.78 is 5.00. The maximum atomic E-state index is 11.8. The molecule has 2 N–H and O–H groups in total. The number of fused-ring (bicyclic) bond motifs is 1. The summed E-state index contributed by atoms with van der Waals surface area (Å²) in [7, 11) is 0. The Hall–Kier alpha value is -1.62. The predicted molar refractivity (Wildman–Crippen MR) is 92.7 cm³/mol. The van der Waals surface area contributed by atoms with Gasteiger partial charge in [-0.15, -0.1) is 0 Å². The van der Waals surface area contributed by atoms with Crippen molar-refractivity contribution in [2.75, 3.05) is 6.61 Å². The minimum absolute atomic E-state index is 0.0879. The molecule has 1 heterocycles. The number of aliphatic carboxylic acids is 1. The van der Waals surface area contributed by atoms with Crippen molar-refractivity contribution in [2.45, 2.75) is 59.0 Å². The van der Waals surface area contributed by atoms with Crippen molar-refractivity contribution < 1.29 is 24.5 Å². The normalized spacial score (nSPS) is 40.8. The summed E-state index contributed by atoms with van der Waals surface area (Å²) in [5, 5.41) is 20.0. The van der Waals surface area contributed by atoms with Crippen LogP contribution in [0.5, 0.6) is 0 Å². The van der Waals surface area contributed by atoms with Crippen molar-refractivity contribution in [3.63, 3.8) is 0 Å². The number of esters is 1. The Kier molecular flexibility index (Phi) is 4.56. The first-order valence-electron chi connectivity index (χ1n) is 9.16. The van der Waals surface area contributed by atoms with Crippen LogP contribution in [-0.2, 0) is 14.3 Å².